The molecule has 0 fully saturated rings. The maximum absolute atomic E-state index is 6.03. The first kappa shape index (κ1) is 9.40. The van der Waals surface area contributed by atoms with Crippen molar-refractivity contribution in [1.82, 2.24) is 9.55 Å². The van der Waals surface area contributed by atoms with Crippen LogP contribution in [0.2, 0.25) is 0 Å². The number of hydrogen-bond donors (Lipinski definition) is 1. The molecule has 15 heavy (non-hydrogen) atoms. The third-order valence-corrected chi connectivity index (χ3v) is 3.72. The molecule has 1 aromatic rings. The molecular weight excluding hydrogens is 186 g/mol. The SMILES string of the molecule is NC1CCc2nc3c(n2C1)CCCCC3. The molecule has 0 saturated carbocycles. The van der Waals surface area contributed by atoms with E-state index in [-0.39, 0.29) is 0 Å². The van der Waals surface area contributed by atoms with Gasteiger partial charge in [-0.05, 0) is 32.1 Å². The summed E-state index contributed by atoms with van der Waals surface area (Å²) in [6, 6.07) is 0.346. The summed E-state index contributed by atoms with van der Waals surface area (Å²) in [5, 5.41) is 0. The van der Waals surface area contributed by atoms with Gasteiger partial charge < -0.3 is 10.3 Å². The van der Waals surface area contributed by atoms with Crippen LogP contribution >= 0.6 is 0 Å². The van der Waals surface area contributed by atoms with Crippen LogP contribution in [0.5, 0.6) is 0 Å². The molecule has 0 radical (unpaired) electrons. The minimum Gasteiger partial charge on any atom is -0.330 e. The predicted octanol–water partition coefficient (Wildman–Crippen LogP) is 1.43. The highest BCUT2D eigenvalue weighted by molar-refractivity contribution is 5.21. The van der Waals surface area contributed by atoms with Gasteiger partial charge in [0.25, 0.3) is 0 Å². The van der Waals surface area contributed by atoms with E-state index in [0.717, 1.165) is 19.4 Å². The minimum atomic E-state index is 0.346. The monoisotopic (exact) mass is 205 g/mol. The van der Waals surface area contributed by atoms with Crippen molar-refractivity contribution >= 4 is 0 Å². The fourth-order valence-electron chi connectivity index (χ4n) is 2.88. The van der Waals surface area contributed by atoms with Crippen molar-refractivity contribution in [3.63, 3.8) is 0 Å². The summed E-state index contributed by atoms with van der Waals surface area (Å²) in [6.07, 6.45) is 8.59. The average molecular weight is 205 g/mol. The second-order valence-corrected chi connectivity index (χ2v) is 4.89. The second kappa shape index (κ2) is 3.63. The van der Waals surface area contributed by atoms with Crippen LogP contribution in [0.3, 0.4) is 0 Å². The summed E-state index contributed by atoms with van der Waals surface area (Å²) in [6.45, 7) is 0.998. The van der Waals surface area contributed by atoms with Gasteiger partial charge in [-0.3, -0.25) is 0 Å². The molecule has 1 aliphatic carbocycles. The highest BCUT2D eigenvalue weighted by Gasteiger charge is 2.23. The number of rotatable bonds is 0. The van der Waals surface area contributed by atoms with Gasteiger partial charge in [-0.15, -0.1) is 0 Å². The molecule has 0 aromatic carbocycles. The normalized spacial score (nSPS) is 25.5. The van der Waals surface area contributed by atoms with Crippen LogP contribution in [0, 0.1) is 0 Å². The topological polar surface area (TPSA) is 43.8 Å². The van der Waals surface area contributed by atoms with E-state index in [1.165, 1.54) is 49.3 Å². The van der Waals surface area contributed by atoms with Crippen molar-refractivity contribution in [2.24, 2.45) is 5.73 Å². The Kier molecular flexibility index (Phi) is 2.28. The molecule has 2 aliphatic rings. The maximum atomic E-state index is 6.03. The fraction of sp³-hybridized carbons (Fsp3) is 0.750. The summed E-state index contributed by atoms with van der Waals surface area (Å²) in [5.74, 6) is 1.30. The van der Waals surface area contributed by atoms with Crippen molar-refractivity contribution in [3.05, 3.63) is 17.2 Å². The molecular formula is C12H19N3. The first-order valence-corrected chi connectivity index (χ1v) is 6.17. The molecule has 2 N–H and O–H groups in total. The van der Waals surface area contributed by atoms with Crippen LogP contribution in [0.1, 0.15) is 42.9 Å². The Labute approximate surface area is 90.7 Å². The van der Waals surface area contributed by atoms with Crippen molar-refractivity contribution in [2.75, 3.05) is 0 Å². The van der Waals surface area contributed by atoms with E-state index in [2.05, 4.69) is 4.57 Å². The van der Waals surface area contributed by atoms with Crippen LogP contribution in [0.4, 0.5) is 0 Å². The lowest BCUT2D eigenvalue weighted by Gasteiger charge is -2.22. The first-order chi connectivity index (χ1) is 7.34. The van der Waals surface area contributed by atoms with Gasteiger partial charge in [-0.2, -0.15) is 0 Å². The van der Waals surface area contributed by atoms with Gasteiger partial charge in [-0.1, -0.05) is 6.42 Å². The van der Waals surface area contributed by atoms with Crippen LogP contribution < -0.4 is 5.73 Å². The molecule has 82 valence electrons. The molecule has 2 heterocycles. The Balaban J connectivity index is 2.01. The lowest BCUT2D eigenvalue weighted by molar-refractivity contribution is 0.442. The molecule has 0 amide bonds. The molecule has 1 unspecified atom stereocenters. The van der Waals surface area contributed by atoms with Crippen molar-refractivity contribution < 1.29 is 0 Å². The van der Waals surface area contributed by atoms with E-state index in [1.54, 1.807) is 0 Å². The van der Waals surface area contributed by atoms with Gasteiger partial charge >= 0.3 is 0 Å². The van der Waals surface area contributed by atoms with Gasteiger partial charge in [0.1, 0.15) is 5.82 Å². The summed E-state index contributed by atoms with van der Waals surface area (Å²) >= 11 is 0. The van der Waals surface area contributed by atoms with Crippen LogP contribution in [0.15, 0.2) is 0 Å². The van der Waals surface area contributed by atoms with Gasteiger partial charge in [-0.25, -0.2) is 4.98 Å². The largest absolute Gasteiger partial charge is 0.330 e. The minimum absolute atomic E-state index is 0.346. The molecule has 0 spiro atoms. The zero-order valence-corrected chi connectivity index (χ0v) is 9.21. The highest BCUT2D eigenvalue weighted by atomic mass is 15.1. The lowest BCUT2D eigenvalue weighted by Crippen LogP contribution is -2.32. The smallest absolute Gasteiger partial charge is 0.109 e. The number of aromatic nitrogens is 2. The summed E-state index contributed by atoms with van der Waals surface area (Å²) in [4.78, 5) is 4.79. The lowest BCUT2D eigenvalue weighted by atomic mass is 10.1. The fourth-order valence-corrected chi connectivity index (χ4v) is 2.88. The van der Waals surface area contributed by atoms with E-state index in [4.69, 9.17) is 10.7 Å². The Hall–Kier alpha value is -0.830. The molecule has 3 heteroatoms. The van der Waals surface area contributed by atoms with Gasteiger partial charge in [0, 0.05) is 24.7 Å². The zero-order valence-electron chi connectivity index (χ0n) is 9.21. The average Bonchev–Trinajstić information content (AvgIpc) is 2.44. The summed E-state index contributed by atoms with van der Waals surface area (Å²) in [7, 11) is 0. The Morgan fingerprint density at radius 3 is 2.93 bits per heavy atom. The third kappa shape index (κ3) is 1.59. The quantitative estimate of drug-likeness (QED) is 0.651. The van der Waals surface area contributed by atoms with Crippen molar-refractivity contribution in [1.29, 1.82) is 0 Å². The number of nitrogens with two attached hydrogens (primary N) is 1. The number of fused-ring (bicyclic) bond motifs is 3. The van der Waals surface area contributed by atoms with Gasteiger partial charge in [0.05, 0.1) is 5.69 Å². The molecule has 3 nitrogen and oxygen atoms in total. The highest BCUT2D eigenvalue weighted by Crippen LogP contribution is 2.25. The van der Waals surface area contributed by atoms with E-state index in [0.29, 0.717) is 6.04 Å². The van der Waals surface area contributed by atoms with E-state index < -0.39 is 0 Å². The predicted molar refractivity (Wildman–Crippen MR) is 59.8 cm³/mol. The Morgan fingerprint density at radius 1 is 1.13 bits per heavy atom. The molecule has 3 rings (SSSR count). The summed E-state index contributed by atoms with van der Waals surface area (Å²) < 4.78 is 2.41. The molecule has 1 atom stereocenters. The Bertz CT molecular complexity index is 367. The maximum Gasteiger partial charge on any atom is 0.109 e. The third-order valence-electron chi connectivity index (χ3n) is 3.72. The van der Waals surface area contributed by atoms with Crippen LogP contribution in [-0.2, 0) is 25.8 Å². The number of hydrogen-bond acceptors (Lipinski definition) is 2. The van der Waals surface area contributed by atoms with E-state index in [9.17, 15) is 0 Å². The van der Waals surface area contributed by atoms with E-state index >= 15 is 0 Å². The molecule has 1 aromatic heterocycles. The first-order valence-electron chi connectivity index (χ1n) is 6.17. The number of nitrogens with zero attached hydrogens (tertiary/aromatic N) is 2. The van der Waals surface area contributed by atoms with E-state index in [1.807, 2.05) is 0 Å². The Morgan fingerprint density at radius 2 is 2.00 bits per heavy atom. The second-order valence-electron chi connectivity index (χ2n) is 4.89. The van der Waals surface area contributed by atoms with Crippen molar-refractivity contribution in [2.45, 2.75) is 57.5 Å². The van der Waals surface area contributed by atoms with Crippen molar-refractivity contribution in [3.8, 4) is 0 Å². The van der Waals surface area contributed by atoms with Crippen LogP contribution in [-0.4, -0.2) is 15.6 Å². The summed E-state index contributed by atoms with van der Waals surface area (Å²) in [5.41, 5.74) is 8.90. The van der Waals surface area contributed by atoms with Gasteiger partial charge in [0.2, 0.25) is 0 Å². The number of aryl methyl sites for hydroxylation is 2. The van der Waals surface area contributed by atoms with Crippen LogP contribution in [0.25, 0.3) is 0 Å². The molecule has 1 aliphatic heterocycles. The molecule has 0 saturated heterocycles. The zero-order chi connectivity index (χ0) is 10.3. The molecule has 0 bridgehead atoms. The number of imidazole rings is 1. The standard InChI is InChI=1S/C12H19N3/c13-9-6-7-12-14-10-4-2-1-3-5-11(10)15(12)8-9/h9H,1-8,13H2. The van der Waals surface area contributed by atoms with Gasteiger partial charge in [0.15, 0.2) is 0 Å².